The van der Waals surface area contributed by atoms with Gasteiger partial charge in [-0.3, -0.25) is 0 Å². The van der Waals surface area contributed by atoms with E-state index in [-0.39, 0.29) is 6.61 Å². The maximum Gasteiger partial charge on any atom is 0.0684 e. The molecule has 2 unspecified atom stereocenters. The second kappa shape index (κ2) is 3.33. The van der Waals surface area contributed by atoms with E-state index in [1.165, 1.54) is 15.3 Å². The van der Waals surface area contributed by atoms with Crippen molar-refractivity contribution in [2.75, 3.05) is 6.61 Å². The Labute approximate surface area is 88.8 Å². The highest BCUT2D eigenvalue weighted by molar-refractivity contribution is 7.12. The van der Waals surface area contributed by atoms with Crippen LogP contribution in [0.1, 0.15) is 29.2 Å². The molecule has 3 N–H and O–H groups in total. The van der Waals surface area contributed by atoms with Gasteiger partial charge in [-0.05, 0) is 30.4 Å². The Morgan fingerprint density at radius 3 is 3.00 bits per heavy atom. The highest BCUT2D eigenvalue weighted by Gasteiger charge is 2.42. The minimum atomic E-state index is -0.487. The third-order valence-corrected chi connectivity index (χ3v) is 4.64. The predicted molar refractivity (Wildman–Crippen MR) is 59.5 cm³/mol. The third kappa shape index (κ3) is 1.23. The van der Waals surface area contributed by atoms with Crippen LogP contribution in [0.5, 0.6) is 0 Å². The average molecular weight is 211 g/mol. The standard InChI is InChI=1S/C11H17NOS/c1-3-8-5-9-10(14-8)4-7(2)11(9,12)6-13/h5,7,13H,3-4,6,12H2,1-2H3. The molecule has 0 aliphatic heterocycles. The quantitative estimate of drug-likeness (QED) is 0.781. The third-order valence-electron chi connectivity index (χ3n) is 3.34. The number of hydrogen-bond donors (Lipinski definition) is 2. The van der Waals surface area contributed by atoms with Crippen molar-refractivity contribution in [3.05, 3.63) is 21.4 Å². The molecule has 0 spiro atoms. The zero-order valence-electron chi connectivity index (χ0n) is 8.71. The van der Waals surface area contributed by atoms with E-state index in [4.69, 9.17) is 5.73 Å². The summed E-state index contributed by atoms with van der Waals surface area (Å²) in [5.41, 5.74) is 6.94. The molecule has 2 nitrogen and oxygen atoms in total. The Morgan fingerprint density at radius 1 is 1.71 bits per heavy atom. The molecule has 0 saturated carbocycles. The molecular weight excluding hydrogens is 194 g/mol. The van der Waals surface area contributed by atoms with E-state index in [1.807, 2.05) is 11.3 Å². The van der Waals surface area contributed by atoms with Crippen LogP contribution in [0.4, 0.5) is 0 Å². The summed E-state index contributed by atoms with van der Waals surface area (Å²) in [6.45, 7) is 4.33. The van der Waals surface area contributed by atoms with Crippen molar-refractivity contribution >= 4 is 11.3 Å². The first-order chi connectivity index (χ1) is 6.61. The van der Waals surface area contributed by atoms with Crippen molar-refractivity contribution in [3.8, 4) is 0 Å². The first kappa shape index (κ1) is 10.1. The summed E-state index contributed by atoms with van der Waals surface area (Å²) in [6.07, 6.45) is 2.09. The molecule has 0 fully saturated rings. The van der Waals surface area contributed by atoms with Gasteiger partial charge in [0.25, 0.3) is 0 Å². The predicted octanol–water partition coefficient (Wildman–Crippen LogP) is 1.65. The number of aryl methyl sites for hydroxylation is 1. The van der Waals surface area contributed by atoms with E-state index in [9.17, 15) is 5.11 Å². The topological polar surface area (TPSA) is 46.2 Å². The van der Waals surface area contributed by atoms with Gasteiger partial charge in [-0.1, -0.05) is 13.8 Å². The van der Waals surface area contributed by atoms with Crippen LogP contribution in [0.25, 0.3) is 0 Å². The van der Waals surface area contributed by atoms with E-state index >= 15 is 0 Å². The zero-order valence-corrected chi connectivity index (χ0v) is 9.53. The number of rotatable bonds is 2. The van der Waals surface area contributed by atoms with Crippen LogP contribution in [-0.2, 0) is 18.4 Å². The Kier molecular flexibility index (Phi) is 2.41. The lowest BCUT2D eigenvalue weighted by atomic mass is 9.87. The molecule has 0 radical (unpaired) electrons. The molecule has 78 valence electrons. The summed E-state index contributed by atoms with van der Waals surface area (Å²) in [5, 5.41) is 9.40. The van der Waals surface area contributed by atoms with Gasteiger partial charge in [0.05, 0.1) is 12.1 Å². The van der Waals surface area contributed by atoms with E-state index in [0.717, 1.165) is 12.8 Å². The van der Waals surface area contributed by atoms with Crippen LogP contribution in [0.2, 0.25) is 0 Å². The minimum Gasteiger partial charge on any atom is -0.394 e. The largest absolute Gasteiger partial charge is 0.394 e. The second-order valence-corrected chi connectivity index (χ2v) is 5.43. The zero-order chi connectivity index (χ0) is 10.3. The normalized spacial score (nSPS) is 30.7. The fourth-order valence-electron chi connectivity index (χ4n) is 2.17. The van der Waals surface area contributed by atoms with Gasteiger partial charge in [0.15, 0.2) is 0 Å². The fourth-order valence-corrected chi connectivity index (χ4v) is 3.50. The van der Waals surface area contributed by atoms with Gasteiger partial charge in [0.2, 0.25) is 0 Å². The summed E-state index contributed by atoms with van der Waals surface area (Å²) in [6, 6.07) is 2.18. The maximum atomic E-state index is 9.40. The lowest BCUT2D eigenvalue weighted by Gasteiger charge is -2.27. The Hall–Kier alpha value is -0.380. The SMILES string of the molecule is CCc1cc2c(s1)CC(C)C2(N)CO. The summed E-state index contributed by atoms with van der Waals surface area (Å²) >= 11 is 1.85. The van der Waals surface area contributed by atoms with Crippen LogP contribution in [0, 0.1) is 5.92 Å². The molecule has 0 bridgehead atoms. The van der Waals surface area contributed by atoms with Gasteiger partial charge in [0, 0.05) is 9.75 Å². The van der Waals surface area contributed by atoms with Crippen LogP contribution in [0.15, 0.2) is 6.07 Å². The molecule has 1 aliphatic carbocycles. The Morgan fingerprint density at radius 2 is 2.43 bits per heavy atom. The molecule has 1 aromatic heterocycles. The fraction of sp³-hybridized carbons (Fsp3) is 0.636. The Balaban J connectivity index is 2.44. The van der Waals surface area contributed by atoms with Gasteiger partial charge in [-0.15, -0.1) is 11.3 Å². The van der Waals surface area contributed by atoms with E-state index in [1.54, 1.807) is 0 Å². The minimum absolute atomic E-state index is 0.0566. The summed E-state index contributed by atoms with van der Waals surface area (Å²) in [4.78, 5) is 2.76. The van der Waals surface area contributed by atoms with Crippen molar-refractivity contribution in [3.63, 3.8) is 0 Å². The monoisotopic (exact) mass is 211 g/mol. The number of nitrogens with two attached hydrogens (primary N) is 1. The number of fused-ring (bicyclic) bond motifs is 1. The van der Waals surface area contributed by atoms with Crippen LogP contribution < -0.4 is 5.73 Å². The summed E-state index contributed by atoms with van der Waals surface area (Å²) in [7, 11) is 0. The molecule has 0 amide bonds. The average Bonchev–Trinajstić information content (AvgIpc) is 2.68. The molecule has 0 saturated heterocycles. The number of hydrogen-bond acceptors (Lipinski definition) is 3. The molecule has 2 rings (SSSR count). The van der Waals surface area contributed by atoms with Crippen molar-refractivity contribution < 1.29 is 5.11 Å². The lowest BCUT2D eigenvalue weighted by Crippen LogP contribution is -2.43. The van der Waals surface area contributed by atoms with Gasteiger partial charge < -0.3 is 10.8 Å². The molecular formula is C11H17NOS. The van der Waals surface area contributed by atoms with Crippen molar-refractivity contribution in [2.45, 2.75) is 32.2 Å². The van der Waals surface area contributed by atoms with E-state index < -0.39 is 5.54 Å². The van der Waals surface area contributed by atoms with Gasteiger partial charge >= 0.3 is 0 Å². The van der Waals surface area contributed by atoms with Gasteiger partial charge in [-0.25, -0.2) is 0 Å². The maximum absolute atomic E-state index is 9.40. The number of thiophene rings is 1. The van der Waals surface area contributed by atoms with Crippen LogP contribution in [0.3, 0.4) is 0 Å². The first-order valence-electron chi connectivity index (χ1n) is 5.13. The Bertz CT molecular complexity index is 347. The molecule has 14 heavy (non-hydrogen) atoms. The van der Waals surface area contributed by atoms with Crippen LogP contribution in [-0.4, -0.2) is 11.7 Å². The molecule has 1 heterocycles. The smallest absolute Gasteiger partial charge is 0.0684 e. The van der Waals surface area contributed by atoms with Gasteiger partial charge in [0.1, 0.15) is 0 Å². The van der Waals surface area contributed by atoms with E-state index in [2.05, 4.69) is 19.9 Å². The van der Waals surface area contributed by atoms with Crippen molar-refractivity contribution in [1.82, 2.24) is 0 Å². The van der Waals surface area contributed by atoms with Gasteiger partial charge in [-0.2, -0.15) is 0 Å². The van der Waals surface area contributed by atoms with Crippen molar-refractivity contribution in [1.29, 1.82) is 0 Å². The van der Waals surface area contributed by atoms with Crippen LogP contribution >= 0.6 is 11.3 Å². The van der Waals surface area contributed by atoms with E-state index in [0.29, 0.717) is 5.92 Å². The molecule has 0 aromatic carbocycles. The second-order valence-electron chi connectivity index (χ2n) is 4.21. The number of aliphatic hydroxyl groups is 1. The molecule has 2 atom stereocenters. The summed E-state index contributed by atoms with van der Waals surface area (Å²) < 4.78 is 0. The van der Waals surface area contributed by atoms with Crippen molar-refractivity contribution in [2.24, 2.45) is 11.7 Å². The molecule has 3 heteroatoms. The summed E-state index contributed by atoms with van der Waals surface area (Å²) in [5.74, 6) is 0.361. The molecule has 1 aliphatic rings. The lowest BCUT2D eigenvalue weighted by molar-refractivity contribution is 0.159. The molecule has 1 aromatic rings. The first-order valence-corrected chi connectivity index (χ1v) is 5.95. The highest BCUT2D eigenvalue weighted by atomic mass is 32.1. The highest BCUT2D eigenvalue weighted by Crippen LogP contribution is 2.43. The number of aliphatic hydroxyl groups excluding tert-OH is 1.